The van der Waals surface area contributed by atoms with Crippen LogP contribution in [0.1, 0.15) is 39.0 Å². The SMILES string of the molecule is CCCN(CC(=O)N(Cc1ccccc1)Cc1ccc(C)s1)C(=O)c1ccc(Cl)cc1Cl. The van der Waals surface area contributed by atoms with Gasteiger partial charge in [-0.05, 0) is 49.2 Å². The third-order valence-electron chi connectivity index (χ3n) is 4.98. The Labute approximate surface area is 203 Å². The quantitative estimate of drug-likeness (QED) is 0.347. The van der Waals surface area contributed by atoms with E-state index in [-0.39, 0.29) is 23.4 Å². The van der Waals surface area contributed by atoms with Crippen LogP contribution in [0.4, 0.5) is 0 Å². The lowest BCUT2D eigenvalue weighted by Crippen LogP contribution is -2.42. The summed E-state index contributed by atoms with van der Waals surface area (Å²) in [5.74, 6) is -0.375. The summed E-state index contributed by atoms with van der Waals surface area (Å²) in [7, 11) is 0. The van der Waals surface area contributed by atoms with E-state index in [1.54, 1.807) is 39.3 Å². The smallest absolute Gasteiger partial charge is 0.255 e. The highest BCUT2D eigenvalue weighted by Gasteiger charge is 2.24. The van der Waals surface area contributed by atoms with Gasteiger partial charge < -0.3 is 9.80 Å². The molecule has 0 unspecified atom stereocenters. The molecular weight excluding hydrogens is 463 g/mol. The molecule has 0 atom stereocenters. The third kappa shape index (κ3) is 6.58. The molecule has 32 heavy (non-hydrogen) atoms. The van der Waals surface area contributed by atoms with E-state index in [2.05, 4.69) is 13.0 Å². The molecule has 0 saturated carbocycles. The number of nitrogens with zero attached hydrogens (tertiary/aromatic N) is 2. The summed E-state index contributed by atoms with van der Waals surface area (Å²) in [6, 6.07) is 18.8. The van der Waals surface area contributed by atoms with Crippen molar-refractivity contribution in [3.63, 3.8) is 0 Å². The number of thiophene rings is 1. The van der Waals surface area contributed by atoms with Gasteiger partial charge in [0, 0.05) is 27.9 Å². The van der Waals surface area contributed by atoms with Crippen LogP contribution in [0.25, 0.3) is 0 Å². The Balaban J connectivity index is 1.81. The summed E-state index contributed by atoms with van der Waals surface area (Å²) in [6.07, 6.45) is 0.729. The van der Waals surface area contributed by atoms with Crippen molar-refractivity contribution >= 4 is 46.4 Å². The Morgan fingerprint density at radius 2 is 1.69 bits per heavy atom. The highest BCUT2D eigenvalue weighted by molar-refractivity contribution is 7.11. The number of benzene rings is 2. The molecule has 0 bridgehead atoms. The lowest BCUT2D eigenvalue weighted by atomic mass is 10.1. The van der Waals surface area contributed by atoms with Crippen molar-refractivity contribution in [1.82, 2.24) is 9.80 Å². The summed E-state index contributed by atoms with van der Waals surface area (Å²) >= 11 is 13.9. The molecule has 2 amide bonds. The number of carbonyl (C=O) groups excluding carboxylic acids is 2. The molecule has 3 aromatic rings. The lowest BCUT2D eigenvalue weighted by molar-refractivity contribution is -0.133. The van der Waals surface area contributed by atoms with Crippen molar-refractivity contribution < 1.29 is 9.59 Å². The Hall–Kier alpha value is -2.34. The van der Waals surface area contributed by atoms with Gasteiger partial charge in [-0.2, -0.15) is 0 Å². The van der Waals surface area contributed by atoms with E-state index < -0.39 is 0 Å². The maximum atomic E-state index is 13.4. The zero-order chi connectivity index (χ0) is 23.1. The van der Waals surface area contributed by atoms with E-state index in [1.807, 2.05) is 43.3 Å². The average Bonchev–Trinajstić information content (AvgIpc) is 3.18. The van der Waals surface area contributed by atoms with Crippen molar-refractivity contribution in [3.05, 3.63) is 91.6 Å². The van der Waals surface area contributed by atoms with E-state index in [9.17, 15) is 9.59 Å². The van der Waals surface area contributed by atoms with Crippen molar-refractivity contribution in [2.24, 2.45) is 0 Å². The second-order valence-corrected chi connectivity index (χ2v) is 9.81. The number of rotatable bonds is 9. The maximum absolute atomic E-state index is 13.4. The van der Waals surface area contributed by atoms with Gasteiger partial charge in [-0.3, -0.25) is 9.59 Å². The van der Waals surface area contributed by atoms with Gasteiger partial charge in [-0.1, -0.05) is 60.5 Å². The summed E-state index contributed by atoms with van der Waals surface area (Å²) in [5, 5.41) is 0.746. The zero-order valence-electron chi connectivity index (χ0n) is 18.2. The molecule has 0 aliphatic rings. The van der Waals surface area contributed by atoms with Gasteiger partial charge in [0.1, 0.15) is 6.54 Å². The second-order valence-electron chi connectivity index (χ2n) is 7.60. The van der Waals surface area contributed by atoms with E-state index in [4.69, 9.17) is 23.2 Å². The first-order valence-corrected chi connectivity index (χ1v) is 12.1. The van der Waals surface area contributed by atoms with Gasteiger partial charge in [0.25, 0.3) is 5.91 Å². The van der Waals surface area contributed by atoms with Gasteiger partial charge >= 0.3 is 0 Å². The van der Waals surface area contributed by atoms with E-state index in [0.29, 0.717) is 30.2 Å². The van der Waals surface area contributed by atoms with Gasteiger partial charge in [-0.25, -0.2) is 0 Å². The highest BCUT2D eigenvalue weighted by Crippen LogP contribution is 2.23. The van der Waals surface area contributed by atoms with Crippen LogP contribution in [-0.2, 0) is 17.9 Å². The molecule has 1 aromatic heterocycles. The van der Waals surface area contributed by atoms with Gasteiger partial charge in [0.2, 0.25) is 5.91 Å². The monoisotopic (exact) mass is 488 g/mol. The average molecular weight is 489 g/mol. The molecule has 4 nitrogen and oxygen atoms in total. The Morgan fingerprint density at radius 1 is 0.938 bits per heavy atom. The fraction of sp³-hybridized carbons (Fsp3) is 0.280. The van der Waals surface area contributed by atoms with Gasteiger partial charge in [0.05, 0.1) is 17.1 Å². The minimum absolute atomic E-state index is 0.0111. The van der Waals surface area contributed by atoms with Crippen molar-refractivity contribution in [2.45, 2.75) is 33.4 Å². The number of carbonyl (C=O) groups is 2. The van der Waals surface area contributed by atoms with E-state index >= 15 is 0 Å². The van der Waals surface area contributed by atoms with Crippen LogP contribution in [0.3, 0.4) is 0 Å². The molecule has 0 saturated heterocycles. The van der Waals surface area contributed by atoms with Crippen LogP contribution >= 0.6 is 34.5 Å². The topological polar surface area (TPSA) is 40.6 Å². The molecule has 0 aliphatic carbocycles. The first kappa shape index (κ1) is 24.3. The minimum Gasteiger partial charge on any atom is -0.332 e. The zero-order valence-corrected chi connectivity index (χ0v) is 20.5. The summed E-state index contributed by atoms with van der Waals surface area (Å²) in [4.78, 5) is 32.3. The maximum Gasteiger partial charge on any atom is 0.255 e. The molecule has 2 aromatic carbocycles. The Bertz CT molecular complexity index is 1070. The standard InChI is InChI=1S/C25H26Cl2N2O2S/c1-3-13-28(25(31)22-12-10-20(26)14-23(22)27)17-24(30)29(15-19-7-5-4-6-8-19)16-21-11-9-18(2)32-21/h4-12,14H,3,13,15-17H2,1-2H3. The number of hydrogen-bond donors (Lipinski definition) is 0. The van der Waals surface area contributed by atoms with Gasteiger partial charge in [-0.15, -0.1) is 11.3 Å². The fourth-order valence-electron chi connectivity index (χ4n) is 3.41. The minimum atomic E-state index is -0.270. The molecule has 0 radical (unpaired) electrons. The van der Waals surface area contributed by atoms with Crippen LogP contribution in [0.15, 0.2) is 60.7 Å². The van der Waals surface area contributed by atoms with E-state index in [0.717, 1.165) is 16.9 Å². The van der Waals surface area contributed by atoms with Crippen LogP contribution in [0, 0.1) is 6.92 Å². The Kier molecular flexibility index (Phi) is 8.74. The number of aryl methyl sites for hydroxylation is 1. The number of amides is 2. The highest BCUT2D eigenvalue weighted by atomic mass is 35.5. The fourth-order valence-corrected chi connectivity index (χ4v) is 4.81. The number of hydrogen-bond acceptors (Lipinski definition) is 3. The third-order valence-corrected chi connectivity index (χ3v) is 6.51. The molecule has 0 N–H and O–H groups in total. The molecule has 1 heterocycles. The van der Waals surface area contributed by atoms with Crippen molar-refractivity contribution in [2.75, 3.05) is 13.1 Å². The molecule has 7 heteroatoms. The largest absolute Gasteiger partial charge is 0.332 e. The van der Waals surface area contributed by atoms with Crippen LogP contribution in [0.2, 0.25) is 10.0 Å². The normalized spacial score (nSPS) is 10.8. The van der Waals surface area contributed by atoms with Crippen LogP contribution in [-0.4, -0.2) is 34.7 Å². The first-order valence-electron chi connectivity index (χ1n) is 10.5. The summed E-state index contributed by atoms with van der Waals surface area (Å²) in [5.41, 5.74) is 1.39. The number of halogens is 2. The first-order chi connectivity index (χ1) is 15.4. The van der Waals surface area contributed by atoms with Crippen LogP contribution in [0.5, 0.6) is 0 Å². The second kappa shape index (κ2) is 11.5. The molecular formula is C25H26Cl2N2O2S. The lowest BCUT2D eigenvalue weighted by Gasteiger charge is -2.28. The predicted molar refractivity (Wildman–Crippen MR) is 132 cm³/mol. The predicted octanol–water partition coefficient (Wildman–Crippen LogP) is 6.44. The van der Waals surface area contributed by atoms with Crippen molar-refractivity contribution in [3.8, 4) is 0 Å². The molecule has 3 rings (SSSR count). The summed E-state index contributed by atoms with van der Waals surface area (Å²) in [6.45, 7) is 5.46. The molecule has 0 aliphatic heterocycles. The van der Waals surface area contributed by atoms with Crippen LogP contribution < -0.4 is 0 Å². The van der Waals surface area contributed by atoms with Gasteiger partial charge in [0.15, 0.2) is 0 Å². The molecule has 0 fully saturated rings. The molecule has 0 spiro atoms. The van der Waals surface area contributed by atoms with Crippen molar-refractivity contribution in [1.29, 1.82) is 0 Å². The van der Waals surface area contributed by atoms with E-state index in [1.165, 1.54) is 4.88 Å². The summed E-state index contributed by atoms with van der Waals surface area (Å²) < 4.78 is 0. The Morgan fingerprint density at radius 3 is 2.31 bits per heavy atom. The molecule has 168 valence electrons.